The summed E-state index contributed by atoms with van der Waals surface area (Å²) >= 11 is 4.08. The van der Waals surface area contributed by atoms with Gasteiger partial charge in [0.25, 0.3) is 0 Å². The summed E-state index contributed by atoms with van der Waals surface area (Å²) in [4.78, 5) is 0. The minimum Gasteiger partial charge on any atom is -0.234 e. The number of aromatic amines is 1. The molecular formula is C5H8N4S3. The number of nitrogens with zero attached hydrogens (tertiary/aromatic N) is 3. The van der Waals surface area contributed by atoms with E-state index in [-0.39, 0.29) is 0 Å². The summed E-state index contributed by atoms with van der Waals surface area (Å²) in [7, 11) is 3.12. The van der Waals surface area contributed by atoms with E-state index in [1.807, 2.05) is 0 Å². The first-order valence-electron chi connectivity index (χ1n) is 3.52. The Hall–Kier alpha value is 0.150. The second kappa shape index (κ2) is 3.91. The second-order valence-corrected chi connectivity index (χ2v) is 5.53. The predicted octanol–water partition coefficient (Wildman–Crippen LogP) is 1.30. The van der Waals surface area contributed by atoms with Gasteiger partial charge in [-0.2, -0.15) is 15.4 Å². The summed E-state index contributed by atoms with van der Waals surface area (Å²) in [6, 6.07) is 0. The lowest BCUT2D eigenvalue weighted by molar-refractivity contribution is 0.440. The largest absolute Gasteiger partial charge is 0.234 e. The standard InChI is InChI=1S/C5H8N4S3/c10-12-11-9-2-1-4-5(3-9)7-8-6-4/h10H,1-3H2,(H,6,7,8). The third-order valence-electron chi connectivity index (χ3n) is 1.77. The molecule has 1 N–H and O–H groups in total. The van der Waals surface area contributed by atoms with Crippen LogP contribution in [0.5, 0.6) is 0 Å². The number of nitrogens with one attached hydrogen (secondary N) is 1. The molecule has 0 aromatic carbocycles. The van der Waals surface area contributed by atoms with Crippen molar-refractivity contribution in [2.75, 3.05) is 6.54 Å². The van der Waals surface area contributed by atoms with Gasteiger partial charge in [-0.15, -0.1) is 0 Å². The molecule has 1 aliphatic rings. The molecule has 12 heavy (non-hydrogen) atoms. The van der Waals surface area contributed by atoms with Crippen molar-refractivity contribution in [3.8, 4) is 0 Å². The summed E-state index contributed by atoms with van der Waals surface area (Å²) in [5.41, 5.74) is 2.17. The SMILES string of the molecule is SSSN1CCc2n[nH]nc2C1. The van der Waals surface area contributed by atoms with E-state index in [0.29, 0.717) is 0 Å². The maximum absolute atomic E-state index is 4.08. The van der Waals surface area contributed by atoms with E-state index < -0.39 is 0 Å². The van der Waals surface area contributed by atoms with Crippen LogP contribution in [0.15, 0.2) is 0 Å². The van der Waals surface area contributed by atoms with E-state index >= 15 is 0 Å². The van der Waals surface area contributed by atoms with Gasteiger partial charge in [-0.3, -0.25) is 0 Å². The van der Waals surface area contributed by atoms with Crippen LogP contribution < -0.4 is 0 Å². The van der Waals surface area contributed by atoms with Crippen LogP contribution in [0.4, 0.5) is 0 Å². The lowest BCUT2D eigenvalue weighted by Gasteiger charge is -2.21. The first kappa shape index (κ1) is 8.74. The molecule has 0 saturated heterocycles. The fourth-order valence-corrected chi connectivity index (χ4v) is 3.14. The fraction of sp³-hybridized carbons (Fsp3) is 0.600. The van der Waals surface area contributed by atoms with Crippen molar-refractivity contribution in [1.82, 2.24) is 19.7 Å². The van der Waals surface area contributed by atoms with Gasteiger partial charge in [0, 0.05) is 23.9 Å². The van der Waals surface area contributed by atoms with Crippen molar-refractivity contribution >= 4 is 32.5 Å². The quantitative estimate of drug-likeness (QED) is 0.447. The Kier molecular flexibility index (Phi) is 2.84. The molecular weight excluding hydrogens is 212 g/mol. The maximum atomic E-state index is 4.08. The van der Waals surface area contributed by atoms with Gasteiger partial charge in [-0.25, -0.2) is 4.31 Å². The minimum atomic E-state index is 0.865. The van der Waals surface area contributed by atoms with E-state index in [9.17, 15) is 0 Å². The van der Waals surface area contributed by atoms with E-state index in [4.69, 9.17) is 0 Å². The highest BCUT2D eigenvalue weighted by molar-refractivity contribution is 9.04. The van der Waals surface area contributed by atoms with Crippen LogP contribution in [-0.2, 0) is 13.0 Å². The van der Waals surface area contributed by atoms with Crippen LogP contribution in [0, 0.1) is 0 Å². The summed E-state index contributed by atoms with van der Waals surface area (Å²) in [5.74, 6) is 0. The average Bonchev–Trinajstić information content (AvgIpc) is 2.51. The minimum absolute atomic E-state index is 0.865. The molecule has 0 spiro atoms. The molecule has 0 atom stereocenters. The first-order valence-corrected chi connectivity index (χ1v) is 6.67. The number of H-pyrrole nitrogens is 1. The van der Waals surface area contributed by atoms with Crippen LogP contribution in [0.25, 0.3) is 0 Å². The zero-order valence-corrected chi connectivity index (χ0v) is 8.75. The van der Waals surface area contributed by atoms with Crippen LogP contribution in [0.3, 0.4) is 0 Å². The molecule has 1 aromatic heterocycles. The molecule has 0 bridgehead atoms. The normalized spacial score (nSPS) is 17.8. The van der Waals surface area contributed by atoms with Gasteiger partial charge in [0.1, 0.15) is 5.69 Å². The Balaban J connectivity index is 2.05. The molecule has 66 valence electrons. The summed E-state index contributed by atoms with van der Waals surface area (Å²) in [6.07, 6.45) is 0.979. The number of thiol groups is 1. The molecule has 0 fully saturated rings. The molecule has 1 aromatic rings. The smallest absolute Gasteiger partial charge is 0.101 e. The number of hydrogen-bond acceptors (Lipinski definition) is 6. The van der Waals surface area contributed by atoms with Gasteiger partial charge in [-0.1, -0.05) is 11.7 Å². The Bertz CT molecular complexity index is 263. The van der Waals surface area contributed by atoms with Crippen LogP contribution >= 0.6 is 32.5 Å². The zero-order valence-electron chi connectivity index (χ0n) is 6.23. The predicted molar refractivity (Wildman–Crippen MR) is 54.7 cm³/mol. The monoisotopic (exact) mass is 220 g/mol. The number of aromatic nitrogens is 3. The van der Waals surface area contributed by atoms with Gasteiger partial charge >= 0.3 is 0 Å². The third kappa shape index (κ3) is 1.73. The highest BCUT2D eigenvalue weighted by Gasteiger charge is 2.19. The maximum Gasteiger partial charge on any atom is 0.101 e. The summed E-state index contributed by atoms with van der Waals surface area (Å²) < 4.78 is 2.22. The van der Waals surface area contributed by atoms with Crippen molar-refractivity contribution < 1.29 is 0 Å². The van der Waals surface area contributed by atoms with Crippen LogP contribution in [0.2, 0.25) is 0 Å². The number of rotatable bonds is 2. The Labute approximate surface area is 83.2 Å². The first-order chi connectivity index (χ1) is 5.90. The lowest BCUT2D eigenvalue weighted by atomic mass is 10.2. The van der Waals surface area contributed by atoms with Crippen LogP contribution in [0.1, 0.15) is 11.4 Å². The van der Waals surface area contributed by atoms with Crippen LogP contribution in [-0.4, -0.2) is 26.3 Å². The molecule has 0 radical (unpaired) electrons. The molecule has 0 saturated carbocycles. The lowest BCUT2D eigenvalue weighted by Crippen LogP contribution is -2.23. The fourth-order valence-electron chi connectivity index (χ4n) is 1.19. The second-order valence-electron chi connectivity index (χ2n) is 2.48. The molecule has 7 heteroatoms. The van der Waals surface area contributed by atoms with E-state index in [0.717, 1.165) is 30.9 Å². The summed E-state index contributed by atoms with van der Waals surface area (Å²) in [5, 5.41) is 10.8. The number of fused-ring (bicyclic) bond motifs is 1. The van der Waals surface area contributed by atoms with E-state index in [2.05, 4.69) is 31.4 Å². The van der Waals surface area contributed by atoms with Gasteiger partial charge in [0.15, 0.2) is 0 Å². The summed E-state index contributed by atoms with van der Waals surface area (Å²) in [6.45, 7) is 1.89. The molecule has 0 amide bonds. The molecule has 0 unspecified atom stereocenters. The van der Waals surface area contributed by atoms with Crippen molar-refractivity contribution in [1.29, 1.82) is 0 Å². The average molecular weight is 220 g/mol. The van der Waals surface area contributed by atoms with E-state index in [1.165, 1.54) is 9.83 Å². The molecule has 4 nitrogen and oxygen atoms in total. The van der Waals surface area contributed by atoms with Crippen molar-refractivity contribution in [2.45, 2.75) is 13.0 Å². The van der Waals surface area contributed by atoms with Gasteiger partial charge in [-0.05, 0) is 9.83 Å². The Morgan fingerprint density at radius 2 is 2.25 bits per heavy atom. The van der Waals surface area contributed by atoms with Gasteiger partial charge in [0.2, 0.25) is 0 Å². The highest BCUT2D eigenvalue weighted by atomic mass is 33.5. The Morgan fingerprint density at radius 1 is 1.42 bits per heavy atom. The van der Waals surface area contributed by atoms with Gasteiger partial charge in [0.05, 0.1) is 12.2 Å². The van der Waals surface area contributed by atoms with Crippen molar-refractivity contribution in [3.05, 3.63) is 11.4 Å². The molecule has 2 rings (SSSR count). The van der Waals surface area contributed by atoms with Gasteiger partial charge < -0.3 is 0 Å². The molecule has 2 heterocycles. The highest BCUT2D eigenvalue weighted by Crippen LogP contribution is 2.32. The van der Waals surface area contributed by atoms with E-state index in [1.54, 1.807) is 11.0 Å². The zero-order chi connectivity index (χ0) is 8.39. The number of hydrogen-bond donors (Lipinski definition) is 2. The van der Waals surface area contributed by atoms with Crippen molar-refractivity contribution in [2.24, 2.45) is 0 Å². The molecule has 1 aliphatic heterocycles. The third-order valence-corrected chi connectivity index (χ3v) is 3.79. The van der Waals surface area contributed by atoms with Crippen molar-refractivity contribution in [3.63, 3.8) is 0 Å². The Morgan fingerprint density at radius 3 is 3.08 bits per heavy atom. The molecule has 0 aliphatic carbocycles. The topological polar surface area (TPSA) is 44.8 Å².